The number of ketones is 1. The minimum atomic E-state index is -0.482. The van der Waals surface area contributed by atoms with Gasteiger partial charge in [-0.15, -0.1) is 6.58 Å². The van der Waals surface area contributed by atoms with Crippen LogP contribution in [0.25, 0.3) is 0 Å². The third-order valence-corrected chi connectivity index (χ3v) is 2.40. The van der Waals surface area contributed by atoms with Crippen molar-refractivity contribution in [2.24, 2.45) is 5.41 Å². The summed E-state index contributed by atoms with van der Waals surface area (Å²) in [5.41, 5.74) is -0.482. The van der Waals surface area contributed by atoms with Crippen molar-refractivity contribution in [3.05, 3.63) is 12.7 Å². The highest BCUT2D eigenvalue weighted by Gasteiger charge is 2.28. The predicted octanol–water partition coefficient (Wildman–Crippen LogP) is 2.89. The van der Waals surface area contributed by atoms with Gasteiger partial charge in [-0.25, -0.2) is 0 Å². The first kappa shape index (κ1) is 14.9. The van der Waals surface area contributed by atoms with E-state index in [1.807, 2.05) is 13.8 Å². The lowest BCUT2D eigenvalue weighted by atomic mass is 9.82. The summed E-state index contributed by atoms with van der Waals surface area (Å²) in [6.45, 7) is 10.9. The van der Waals surface area contributed by atoms with Crippen LogP contribution in [0.1, 0.15) is 47.0 Å². The van der Waals surface area contributed by atoms with Gasteiger partial charge in [-0.05, 0) is 26.7 Å². The molecular weight excluding hydrogens is 204 g/mol. The van der Waals surface area contributed by atoms with Crippen molar-refractivity contribution in [3.8, 4) is 0 Å². The smallest absolute Gasteiger partial charge is 0.313 e. The summed E-state index contributed by atoms with van der Waals surface area (Å²) in [4.78, 5) is 23.1. The highest BCUT2D eigenvalue weighted by molar-refractivity contribution is 5.98. The van der Waals surface area contributed by atoms with E-state index in [1.165, 1.54) is 0 Å². The van der Waals surface area contributed by atoms with Gasteiger partial charge in [0.1, 0.15) is 12.2 Å². The molecule has 0 saturated carbocycles. The molecule has 16 heavy (non-hydrogen) atoms. The second kappa shape index (κ2) is 6.46. The summed E-state index contributed by atoms with van der Waals surface area (Å²) in [5, 5.41) is 0. The van der Waals surface area contributed by atoms with Crippen molar-refractivity contribution in [3.63, 3.8) is 0 Å². The Morgan fingerprint density at radius 3 is 2.38 bits per heavy atom. The lowest BCUT2D eigenvalue weighted by Crippen LogP contribution is -2.27. The van der Waals surface area contributed by atoms with Crippen molar-refractivity contribution in [1.29, 1.82) is 0 Å². The van der Waals surface area contributed by atoms with E-state index in [1.54, 1.807) is 19.9 Å². The molecule has 92 valence electrons. The Morgan fingerprint density at radius 1 is 1.38 bits per heavy atom. The zero-order valence-corrected chi connectivity index (χ0v) is 10.7. The molecule has 0 aromatic rings. The minimum Gasteiger partial charge on any atom is -0.463 e. The number of hydrogen-bond acceptors (Lipinski definition) is 3. The van der Waals surface area contributed by atoms with Crippen molar-refractivity contribution < 1.29 is 14.3 Å². The lowest BCUT2D eigenvalue weighted by molar-refractivity contribution is -0.151. The molecule has 0 aromatic carbocycles. The number of ether oxygens (including phenoxy) is 1. The Balaban J connectivity index is 4.22. The highest BCUT2D eigenvalue weighted by Crippen LogP contribution is 2.25. The van der Waals surface area contributed by atoms with E-state index >= 15 is 0 Å². The normalized spacial score (nSPS) is 11.3. The Kier molecular flexibility index (Phi) is 6.01. The monoisotopic (exact) mass is 226 g/mol. The molecule has 0 amide bonds. The fourth-order valence-corrected chi connectivity index (χ4v) is 1.28. The number of carbonyl (C=O) groups excluding carboxylic acids is 2. The fraction of sp³-hybridized carbons (Fsp3) is 0.692. The van der Waals surface area contributed by atoms with E-state index in [4.69, 9.17) is 4.74 Å². The van der Waals surface area contributed by atoms with E-state index < -0.39 is 11.4 Å². The van der Waals surface area contributed by atoms with Crippen molar-refractivity contribution in [2.75, 3.05) is 0 Å². The SMILES string of the molecule is C=CCCC(C)(C)C(=O)CC(=O)OC(C)C. The maximum Gasteiger partial charge on any atom is 0.313 e. The topological polar surface area (TPSA) is 43.4 Å². The number of Topliss-reactive ketones (excluding diaryl/α,β-unsaturated/α-hetero) is 1. The van der Waals surface area contributed by atoms with Gasteiger partial charge >= 0.3 is 5.97 Å². The molecule has 0 saturated heterocycles. The number of allylic oxidation sites excluding steroid dienone is 1. The lowest BCUT2D eigenvalue weighted by Gasteiger charge is -2.22. The first-order valence-electron chi connectivity index (χ1n) is 5.63. The van der Waals surface area contributed by atoms with Crippen LogP contribution in [0.5, 0.6) is 0 Å². The Morgan fingerprint density at radius 2 is 1.94 bits per heavy atom. The van der Waals surface area contributed by atoms with Gasteiger partial charge in [0.2, 0.25) is 0 Å². The molecule has 3 heteroatoms. The summed E-state index contributed by atoms with van der Waals surface area (Å²) in [6.07, 6.45) is 2.96. The third-order valence-electron chi connectivity index (χ3n) is 2.40. The third kappa shape index (κ3) is 5.69. The molecule has 0 spiro atoms. The van der Waals surface area contributed by atoms with Gasteiger partial charge in [0.05, 0.1) is 6.10 Å². The highest BCUT2D eigenvalue weighted by atomic mass is 16.5. The van der Waals surface area contributed by atoms with Gasteiger partial charge < -0.3 is 4.74 Å². The molecule has 0 aromatic heterocycles. The van der Waals surface area contributed by atoms with E-state index in [0.29, 0.717) is 6.42 Å². The Hall–Kier alpha value is -1.12. The van der Waals surface area contributed by atoms with E-state index in [2.05, 4.69) is 6.58 Å². The molecule has 0 N–H and O–H groups in total. The van der Waals surface area contributed by atoms with Crippen molar-refractivity contribution >= 4 is 11.8 Å². The standard InChI is InChI=1S/C13H22O3/c1-6-7-8-13(4,5)11(14)9-12(15)16-10(2)3/h6,10H,1,7-9H2,2-5H3. The van der Waals surface area contributed by atoms with Gasteiger partial charge in [-0.2, -0.15) is 0 Å². The Bertz CT molecular complexity index is 264. The zero-order valence-electron chi connectivity index (χ0n) is 10.7. The quantitative estimate of drug-likeness (QED) is 0.381. The Labute approximate surface area is 97.9 Å². The van der Waals surface area contributed by atoms with Crippen LogP contribution >= 0.6 is 0 Å². The number of hydrogen-bond donors (Lipinski definition) is 0. The second-order valence-electron chi connectivity index (χ2n) is 4.85. The average Bonchev–Trinajstić information content (AvgIpc) is 2.13. The zero-order chi connectivity index (χ0) is 12.8. The summed E-state index contributed by atoms with van der Waals surface area (Å²) in [5.74, 6) is -0.508. The molecule has 0 bridgehead atoms. The van der Waals surface area contributed by atoms with Gasteiger partial charge in [-0.1, -0.05) is 19.9 Å². The van der Waals surface area contributed by atoms with E-state index in [9.17, 15) is 9.59 Å². The molecule has 0 aliphatic carbocycles. The summed E-state index contributed by atoms with van der Waals surface area (Å²) in [6, 6.07) is 0. The van der Waals surface area contributed by atoms with Crippen LogP contribution in [0.4, 0.5) is 0 Å². The summed E-state index contributed by atoms with van der Waals surface area (Å²) < 4.78 is 4.94. The van der Waals surface area contributed by atoms with Crippen LogP contribution in [-0.2, 0) is 14.3 Å². The molecule has 3 nitrogen and oxygen atoms in total. The average molecular weight is 226 g/mol. The fourth-order valence-electron chi connectivity index (χ4n) is 1.28. The maximum absolute atomic E-state index is 11.8. The number of carbonyl (C=O) groups is 2. The molecular formula is C13H22O3. The second-order valence-corrected chi connectivity index (χ2v) is 4.85. The van der Waals surface area contributed by atoms with Gasteiger partial charge in [0.15, 0.2) is 0 Å². The number of esters is 1. The molecule has 0 unspecified atom stereocenters. The van der Waals surface area contributed by atoms with Crippen LogP contribution in [0.3, 0.4) is 0 Å². The molecule has 0 heterocycles. The van der Waals surface area contributed by atoms with E-state index in [0.717, 1.165) is 6.42 Å². The minimum absolute atomic E-state index is 0.0694. The van der Waals surface area contributed by atoms with Gasteiger partial charge in [-0.3, -0.25) is 9.59 Å². The molecule has 0 fully saturated rings. The summed E-state index contributed by atoms with van der Waals surface area (Å²) in [7, 11) is 0. The number of rotatable bonds is 7. The van der Waals surface area contributed by atoms with E-state index in [-0.39, 0.29) is 18.3 Å². The molecule has 0 aliphatic rings. The van der Waals surface area contributed by atoms with Crippen LogP contribution in [0.15, 0.2) is 12.7 Å². The maximum atomic E-state index is 11.8. The molecule has 0 aliphatic heterocycles. The molecule has 0 rings (SSSR count). The first-order valence-corrected chi connectivity index (χ1v) is 5.63. The van der Waals surface area contributed by atoms with Crippen LogP contribution in [-0.4, -0.2) is 17.9 Å². The predicted molar refractivity (Wildman–Crippen MR) is 64.1 cm³/mol. The van der Waals surface area contributed by atoms with Crippen molar-refractivity contribution in [1.82, 2.24) is 0 Å². The van der Waals surface area contributed by atoms with Crippen LogP contribution in [0, 0.1) is 5.41 Å². The molecule has 0 atom stereocenters. The van der Waals surface area contributed by atoms with Gasteiger partial charge in [0, 0.05) is 5.41 Å². The van der Waals surface area contributed by atoms with Gasteiger partial charge in [0.25, 0.3) is 0 Å². The largest absolute Gasteiger partial charge is 0.463 e. The van der Waals surface area contributed by atoms with Crippen molar-refractivity contribution in [2.45, 2.75) is 53.1 Å². The van der Waals surface area contributed by atoms with Crippen LogP contribution in [0.2, 0.25) is 0 Å². The summed E-state index contributed by atoms with van der Waals surface area (Å²) >= 11 is 0. The first-order chi connectivity index (χ1) is 7.29. The molecule has 0 radical (unpaired) electrons. The van der Waals surface area contributed by atoms with Crippen LogP contribution < -0.4 is 0 Å².